The van der Waals surface area contributed by atoms with Crippen molar-refractivity contribution in [3.05, 3.63) is 36.2 Å². The molecular formula is C8H5N4O. The molecule has 0 aliphatic heterocycles. The molecule has 0 amide bonds. The zero-order valence-corrected chi connectivity index (χ0v) is 6.58. The Hall–Kier alpha value is -2.04. The molecule has 0 atom stereocenters. The highest BCUT2D eigenvalue weighted by Gasteiger charge is 1.98. The molecule has 0 N–H and O–H groups in total. The average molecular weight is 173 g/mol. The Morgan fingerprint density at radius 1 is 1.38 bits per heavy atom. The quantitative estimate of drug-likeness (QED) is 0.647. The number of rotatable bonds is 2. The fourth-order valence-electron chi connectivity index (χ4n) is 0.991. The molecule has 13 heavy (non-hydrogen) atoms. The minimum Gasteiger partial charge on any atom is -0.285 e. The van der Waals surface area contributed by atoms with Crippen LogP contribution in [0, 0.1) is 0 Å². The molecule has 0 aliphatic rings. The summed E-state index contributed by atoms with van der Waals surface area (Å²) in [6, 6.07) is 6.87. The lowest BCUT2D eigenvalue weighted by molar-refractivity contribution is 0.562. The Labute approximate surface area is 74.0 Å². The largest absolute Gasteiger partial charge is 0.285 e. The maximum absolute atomic E-state index is 10.3. The van der Waals surface area contributed by atoms with Crippen molar-refractivity contribution in [2.75, 3.05) is 0 Å². The van der Waals surface area contributed by atoms with E-state index in [0.717, 1.165) is 5.69 Å². The lowest BCUT2D eigenvalue weighted by Gasteiger charge is -1.97. The molecule has 0 unspecified atom stereocenters. The van der Waals surface area contributed by atoms with Gasteiger partial charge in [-0.15, -0.1) is 5.10 Å². The van der Waals surface area contributed by atoms with E-state index in [9.17, 15) is 4.79 Å². The zero-order chi connectivity index (χ0) is 9.10. The Morgan fingerprint density at radius 3 is 3.00 bits per heavy atom. The predicted molar refractivity (Wildman–Crippen MR) is 43.9 cm³/mol. The molecule has 1 aromatic heterocycles. The second-order valence-corrected chi connectivity index (χ2v) is 2.41. The summed E-state index contributed by atoms with van der Waals surface area (Å²) < 4.78 is 1.47. The fourth-order valence-corrected chi connectivity index (χ4v) is 0.991. The maximum Gasteiger partial charge on any atom is 0.233 e. The van der Waals surface area contributed by atoms with Gasteiger partial charge >= 0.3 is 0 Å². The summed E-state index contributed by atoms with van der Waals surface area (Å²) in [6.45, 7) is 0. The van der Waals surface area contributed by atoms with E-state index >= 15 is 0 Å². The van der Waals surface area contributed by atoms with Crippen LogP contribution in [0.4, 0.5) is 0 Å². The summed E-state index contributed by atoms with van der Waals surface area (Å²) in [5.41, 5.74) is 1.22. The van der Waals surface area contributed by atoms with E-state index in [1.807, 2.05) is 0 Å². The van der Waals surface area contributed by atoms with Crippen molar-refractivity contribution in [2.24, 2.45) is 0 Å². The topological polar surface area (TPSA) is 60.7 Å². The van der Waals surface area contributed by atoms with Crippen molar-refractivity contribution in [3.8, 4) is 5.69 Å². The van der Waals surface area contributed by atoms with Gasteiger partial charge in [-0.3, -0.25) is 4.79 Å². The molecule has 0 bridgehead atoms. The molecule has 0 saturated heterocycles. The van der Waals surface area contributed by atoms with Crippen molar-refractivity contribution in [2.45, 2.75) is 0 Å². The van der Waals surface area contributed by atoms with Gasteiger partial charge in [-0.2, -0.15) is 0 Å². The van der Waals surface area contributed by atoms with E-state index in [4.69, 9.17) is 0 Å². The number of aromatic nitrogens is 4. The molecule has 0 aliphatic carbocycles. The smallest absolute Gasteiger partial charge is 0.233 e. The van der Waals surface area contributed by atoms with Crippen molar-refractivity contribution in [1.82, 2.24) is 20.2 Å². The summed E-state index contributed by atoms with van der Waals surface area (Å²) >= 11 is 0. The molecule has 0 saturated carbocycles. The molecule has 5 heteroatoms. The SMILES string of the molecule is O=[C]c1cccc(-n2cnnn2)c1. The van der Waals surface area contributed by atoms with Crippen LogP contribution in [-0.4, -0.2) is 26.5 Å². The molecule has 2 aromatic rings. The van der Waals surface area contributed by atoms with Gasteiger partial charge in [0.25, 0.3) is 0 Å². The van der Waals surface area contributed by atoms with E-state index in [-0.39, 0.29) is 0 Å². The number of benzene rings is 1. The number of hydrogen-bond donors (Lipinski definition) is 0. The highest BCUT2D eigenvalue weighted by Crippen LogP contribution is 2.06. The molecule has 2 rings (SSSR count). The van der Waals surface area contributed by atoms with E-state index in [1.54, 1.807) is 30.6 Å². The van der Waals surface area contributed by atoms with Gasteiger partial charge in [0.2, 0.25) is 6.29 Å². The fraction of sp³-hybridized carbons (Fsp3) is 0. The number of hydrogen-bond acceptors (Lipinski definition) is 4. The Kier molecular flexibility index (Phi) is 1.84. The van der Waals surface area contributed by atoms with Gasteiger partial charge in [0.1, 0.15) is 6.33 Å². The van der Waals surface area contributed by atoms with E-state index in [0.29, 0.717) is 5.56 Å². The second kappa shape index (κ2) is 3.14. The molecule has 1 heterocycles. The average Bonchev–Trinajstić information content (AvgIpc) is 2.71. The van der Waals surface area contributed by atoms with Crippen molar-refractivity contribution >= 4 is 6.29 Å². The summed E-state index contributed by atoms with van der Waals surface area (Å²) in [6.07, 6.45) is 3.26. The number of carbonyl (C=O) groups excluding carboxylic acids is 1. The van der Waals surface area contributed by atoms with Crippen LogP contribution in [0.5, 0.6) is 0 Å². The van der Waals surface area contributed by atoms with E-state index < -0.39 is 0 Å². The minimum absolute atomic E-state index is 0.480. The summed E-state index contributed by atoms with van der Waals surface area (Å²) in [4.78, 5) is 10.3. The molecule has 1 radical (unpaired) electrons. The van der Waals surface area contributed by atoms with Crippen LogP contribution in [-0.2, 0) is 4.79 Å². The third-order valence-corrected chi connectivity index (χ3v) is 1.58. The van der Waals surface area contributed by atoms with Crippen LogP contribution < -0.4 is 0 Å². The highest BCUT2D eigenvalue weighted by molar-refractivity contribution is 5.76. The predicted octanol–water partition coefficient (Wildman–Crippen LogP) is 0.120. The Balaban J connectivity index is 2.47. The second-order valence-electron chi connectivity index (χ2n) is 2.41. The maximum atomic E-state index is 10.3. The lowest BCUT2D eigenvalue weighted by atomic mass is 10.2. The monoisotopic (exact) mass is 173 g/mol. The first-order valence-corrected chi connectivity index (χ1v) is 3.62. The molecule has 0 spiro atoms. The van der Waals surface area contributed by atoms with Gasteiger partial charge < -0.3 is 0 Å². The minimum atomic E-state index is 0.480. The Bertz CT molecular complexity index is 410. The van der Waals surface area contributed by atoms with Crippen LogP contribution in [0.2, 0.25) is 0 Å². The first-order chi connectivity index (χ1) is 6.40. The number of nitrogens with zero attached hydrogens (tertiary/aromatic N) is 4. The molecule has 0 fully saturated rings. The standard InChI is InChI=1S/C8H5N4O/c13-5-7-2-1-3-8(4-7)12-6-9-10-11-12/h1-4,6H. The molecular weight excluding hydrogens is 168 g/mol. The normalized spacial score (nSPS) is 9.85. The van der Waals surface area contributed by atoms with Crippen molar-refractivity contribution < 1.29 is 4.79 Å². The van der Waals surface area contributed by atoms with Gasteiger partial charge in [-0.1, -0.05) is 12.1 Å². The van der Waals surface area contributed by atoms with Crippen LogP contribution in [0.25, 0.3) is 5.69 Å². The summed E-state index contributed by atoms with van der Waals surface area (Å²) in [7, 11) is 0. The van der Waals surface area contributed by atoms with E-state index in [1.165, 1.54) is 11.0 Å². The first-order valence-electron chi connectivity index (χ1n) is 3.62. The van der Waals surface area contributed by atoms with Gasteiger partial charge in [-0.25, -0.2) is 4.68 Å². The van der Waals surface area contributed by atoms with E-state index in [2.05, 4.69) is 15.5 Å². The third kappa shape index (κ3) is 1.44. The van der Waals surface area contributed by atoms with Crippen molar-refractivity contribution in [1.29, 1.82) is 0 Å². The first kappa shape index (κ1) is 7.60. The van der Waals surface area contributed by atoms with Gasteiger partial charge in [0.15, 0.2) is 0 Å². The Morgan fingerprint density at radius 2 is 2.31 bits per heavy atom. The zero-order valence-electron chi connectivity index (χ0n) is 6.58. The molecule has 5 nitrogen and oxygen atoms in total. The number of tetrazole rings is 1. The molecule has 1 aromatic carbocycles. The summed E-state index contributed by atoms with van der Waals surface area (Å²) in [5, 5.41) is 10.7. The van der Waals surface area contributed by atoms with Crippen LogP contribution >= 0.6 is 0 Å². The third-order valence-electron chi connectivity index (χ3n) is 1.58. The lowest BCUT2D eigenvalue weighted by Crippen LogP contribution is -1.95. The van der Waals surface area contributed by atoms with Gasteiger partial charge in [-0.05, 0) is 22.6 Å². The summed E-state index contributed by atoms with van der Waals surface area (Å²) in [5.74, 6) is 0. The van der Waals surface area contributed by atoms with Crippen LogP contribution in [0.1, 0.15) is 5.56 Å². The highest BCUT2D eigenvalue weighted by atomic mass is 16.1. The molecule has 63 valence electrons. The van der Waals surface area contributed by atoms with Crippen LogP contribution in [0.15, 0.2) is 30.6 Å². The van der Waals surface area contributed by atoms with Gasteiger partial charge in [0.05, 0.1) is 5.69 Å². The van der Waals surface area contributed by atoms with Crippen LogP contribution in [0.3, 0.4) is 0 Å². The van der Waals surface area contributed by atoms with Crippen molar-refractivity contribution in [3.63, 3.8) is 0 Å². The van der Waals surface area contributed by atoms with Gasteiger partial charge in [0, 0.05) is 5.56 Å².